The molecular formula is C31H37F5N4O7. The number of carboxylic acid groups (broad SMARTS) is 1. The van der Waals surface area contributed by atoms with Gasteiger partial charge in [0.2, 0.25) is 0 Å². The second kappa shape index (κ2) is 15.4. The van der Waals surface area contributed by atoms with E-state index in [2.05, 4.69) is 15.6 Å². The number of ether oxygens (including phenoxy) is 1. The number of aliphatic hydroxyl groups excluding tert-OH is 3. The number of para-hydroxylation sites is 1. The van der Waals surface area contributed by atoms with E-state index in [0.29, 0.717) is 17.6 Å². The van der Waals surface area contributed by atoms with Crippen LogP contribution in [0.4, 0.5) is 27.6 Å². The molecule has 16 heteroatoms. The Morgan fingerprint density at radius 2 is 1.83 bits per heavy atom. The highest BCUT2D eigenvalue weighted by Gasteiger charge is 2.43. The molecule has 0 saturated heterocycles. The molecular weight excluding hydrogens is 635 g/mol. The minimum absolute atomic E-state index is 0.0432. The largest absolute Gasteiger partial charge is 0.479 e. The van der Waals surface area contributed by atoms with Gasteiger partial charge in [-0.1, -0.05) is 18.2 Å². The number of nitrogens with zero attached hydrogens (tertiary/aromatic N) is 1. The summed E-state index contributed by atoms with van der Waals surface area (Å²) in [6, 6.07) is 6.12. The van der Waals surface area contributed by atoms with Gasteiger partial charge in [0.25, 0.3) is 5.92 Å². The van der Waals surface area contributed by atoms with Crippen LogP contribution in [0.15, 0.2) is 36.4 Å². The highest BCUT2D eigenvalue weighted by Crippen LogP contribution is 2.43. The Bertz CT molecular complexity index is 1530. The molecule has 0 bridgehead atoms. The number of halogens is 5. The Labute approximate surface area is 266 Å². The fourth-order valence-corrected chi connectivity index (χ4v) is 5.70. The molecule has 0 radical (unpaired) electrons. The van der Waals surface area contributed by atoms with Gasteiger partial charge < -0.3 is 40.8 Å². The van der Waals surface area contributed by atoms with Crippen molar-refractivity contribution in [1.82, 2.24) is 15.2 Å². The first kappa shape index (κ1) is 36.0. The van der Waals surface area contributed by atoms with Crippen molar-refractivity contribution in [2.24, 2.45) is 0 Å². The van der Waals surface area contributed by atoms with E-state index in [1.807, 2.05) is 6.07 Å². The molecule has 258 valence electrons. The van der Waals surface area contributed by atoms with Crippen molar-refractivity contribution in [3.05, 3.63) is 64.9 Å². The summed E-state index contributed by atoms with van der Waals surface area (Å²) in [5.74, 6) is -9.08. The van der Waals surface area contributed by atoms with Crippen molar-refractivity contribution in [3.63, 3.8) is 0 Å². The third kappa shape index (κ3) is 8.37. The number of alkyl halides is 3. The molecule has 2 aromatic carbocycles. The summed E-state index contributed by atoms with van der Waals surface area (Å²) in [5, 5.41) is 43.7. The van der Waals surface area contributed by atoms with E-state index in [1.165, 1.54) is 4.90 Å². The number of H-pyrrole nitrogens is 1. The number of aliphatic hydroxyl groups is 3. The summed E-state index contributed by atoms with van der Waals surface area (Å²) in [5.41, 5.74) is 1.05. The lowest BCUT2D eigenvalue weighted by Crippen LogP contribution is -2.49. The minimum atomic E-state index is -3.57. The molecule has 2 heterocycles. The number of carbonyl (C=O) groups is 2. The molecule has 5 atom stereocenters. The number of aliphatic carboxylic acids is 1. The quantitative estimate of drug-likeness (QED) is 0.0683. The number of esters is 1. The Hall–Kier alpha value is -3.83. The summed E-state index contributed by atoms with van der Waals surface area (Å²) in [4.78, 5) is 27.4. The molecule has 0 aliphatic carbocycles. The van der Waals surface area contributed by atoms with E-state index in [-0.39, 0.29) is 25.2 Å². The zero-order chi connectivity index (χ0) is 34.5. The Balaban J connectivity index is 1.66. The first-order valence-electron chi connectivity index (χ1n) is 14.9. The summed E-state index contributed by atoms with van der Waals surface area (Å²) in [7, 11) is 0. The number of rotatable bonds is 16. The summed E-state index contributed by atoms with van der Waals surface area (Å²) < 4.78 is 78.7. The average Bonchev–Trinajstić information content (AvgIpc) is 3.39. The maximum Gasteiger partial charge on any atom is 0.338 e. The van der Waals surface area contributed by atoms with Crippen LogP contribution in [0, 0.1) is 11.6 Å². The fourth-order valence-electron chi connectivity index (χ4n) is 5.70. The standard InChI is InChI=1S/C31H37F5N4O7/c1-16-9-20-19-5-2-3-6-23(19)39-25(20)26(40(16)14-31(35,36)15-41)24-21(33)10-17(11-22(24)34)38-18(12-37-8-4-7-32)13-47-30(46)28(43)27(42)29(44)45/h2-3,5-6,10-11,16,18,26-28,37-39,41-43H,4,7-9,12-15H2,1H3,(H,44,45)/t16?,18-,26-,27-,28-/m1/s1. The molecule has 0 fully saturated rings. The number of anilines is 1. The molecule has 1 unspecified atom stereocenters. The molecule has 3 aromatic rings. The first-order chi connectivity index (χ1) is 22.3. The Morgan fingerprint density at radius 1 is 1.15 bits per heavy atom. The van der Waals surface area contributed by atoms with Crippen LogP contribution in [0.5, 0.6) is 0 Å². The molecule has 1 aromatic heterocycles. The van der Waals surface area contributed by atoms with Gasteiger partial charge in [0, 0.05) is 40.4 Å². The van der Waals surface area contributed by atoms with E-state index < -0.39 is 91.8 Å². The van der Waals surface area contributed by atoms with Crippen molar-refractivity contribution in [2.75, 3.05) is 44.8 Å². The van der Waals surface area contributed by atoms with Crippen molar-refractivity contribution in [2.45, 2.75) is 56.0 Å². The predicted octanol–water partition coefficient (Wildman–Crippen LogP) is 2.49. The number of carbonyl (C=O) groups excluding carboxylic acids is 1. The van der Waals surface area contributed by atoms with E-state index >= 15 is 8.78 Å². The molecule has 0 saturated carbocycles. The molecule has 1 aliphatic heterocycles. The molecule has 0 spiro atoms. The highest BCUT2D eigenvalue weighted by molar-refractivity contribution is 5.85. The van der Waals surface area contributed by atoms with Gasteiger partial charge in [0.1, 0.15) is 24.8 Å². The van der Waals surface area contributed by atoms with Gasteiger partial charge in [-0.2, -0.15) is 0 Å². The van der Waals surface area contributed by atoms with Gasteiger partial charge >= 0.3 is 11.9 Å². The van der Waals surface area contributed by atoms with Crippen LogP contribution in [0.25, 0.3) is 10.9 Å². The zero-order valence-electron chi connectivity index (χ0n) is 25.4. The number of aromatic amines is 1. The van der Waals surface area contributed by atoms with Crippen LogP contribution < -0.4 is 10.6 Å². The maximum atomic E-state index is 16.0. The molecule has 11 nitrogen and oxygen atoms in total. The van der Waals surface area contributed by atoms with Crippen LogP contribution in [-0.4, -0.2) is 112 Å². The number of fused-ring (bicyclic) bond motifs is 3. The maximum absolute atomic E-state index is 16.0. The van der Waals surface area contributed by atoms with E-state index in [1.54, 1.807) is 25.1 Å². The van der Waals surface area contributed by atoms with Crippen LogP contribution >= 0.6 is 0 Å². The number of aromatic nitrogens is 1. The van der Waals surface area contributed by atoms with Gasteiger partial charge in [0.15, 0.2) is 12.2 Å². The number of nitrogens with one attached hydrogen (secondary N) is 3. The monoisotopic (exact) mass is 672 g/mol. The molecule has 4 rings (SSSR count). The lowest BCUT2D eigenvalue weighted by atomic mass is 9.87. The van der Waals surface area contributed by atoms with Gasteiger partial charge in [-0.3, -0.25) is 9.29 Å². The van der Waals surface area contributed by atoms with Crippen LogP contribution in [0.3, 0.4) is 0 Å². The van der Waals surface area contributed by atoms with Crippen molar-refractivity contribution in [3.8, 4) is 0 Å². The van der Waals surface area contributed by atoms with E-state index in [9.17, 15) is 38.1 Å². The van der Waals surface area contributed by atoms with Crippen LogP contribution in [-0.2, 0) is 20.7 Å². The highest BCUT2D eigenvalue weighted by atomic mass is 19.3. The number of carboxylic acids is 1. The zero-order valence-corrected chi connectivity index (χ0v) is 25.4. The second-order valence-corrected chi connectivity index (χ2v) is 11.5. The van der Waals surface area contributed by atoms with Crippen LogP contribution in [0.2, 0.25) is 0 Å². The third-order valence-electron chi connectivity index (χ3n) is 7.98. The second-order valence-electron chi connectivity index (χ2n) is 11.5. The van der Waals surface area contributed by atoms with Crippen molar-refractivity contribution in [1.29, 1.82) is 0 Å². The van der Waals surface area contributed by atoms with Gasteiger partial charge in [-0.25, -0.2) is 27.2 Å². The number of hydrogen-bond donors (Lipinski definition) is 7. The van der Waals surface area contributed by atoms with Gasteiger partial charge in [-0.15, -0.1) is 0 Å². The number of hydrogen-bond acceptors (Lipinski definition) is 9. The Kier molecular flexibility index (Phi) is 11.8. The average molecular weight is 673 g/mol. The van der Waals surface area contributed by atoms with Crippen molar-refractivity contribution >= 4 is 28.5 Å². The molecule has 7 N–H and O–H groups in total. The normalized spacial score (nSPS) is 18.8. The summed E-state index contributed by atoms with van der Waals surface area (Å²) in [6.45, 7) is -1.85. The molecule has 1 aliphatic rings. The van der Waals surface area contributed by atoms with Gasteiger partial charge in [0.05, 0.1) is 25.3 Å². The molecule has 47 heavy (non-hydrogen) atoms. The molecule has 0 amide bonds. The summed E-state index contributed by atoms with van der Waals surface area (Å²) in [6.07, 6.45) is -4.43. The minimum Gasteiger partial charge on any atom is -0.479 e. The predicted molar refractivity (Wildman–Crippen MR) is 160 cm³/mol. The van der Waals surface area contributed by atoms with Gasteiger partial charge in [-0.05, 0) is 50.1 Å². The lowest BCUT2D eigenvalue weighted by Gasteiger charge is -2.42. The van der Waals surface area contributed by atoms with Crippen molar-refractivity contribution < 1.29 is 56.7 Å². The van der Waals surface area contributed by atoms with Crippen LogP contribution in [0.1, 0.15) is 36.2 Å². The van der Waals surface area contributed by atoms with E-state index in [0.717, 1.165) is 23.1 Å². The van der Waals surface area contributed by atoms with E-state index in [4.69, 9.17) is 9.84 Å². The topological polar surface area (TPSA) is 167 Å². The third-order valence-corrected chi connectivity index (χ3v) is 7.98. The SMILES string of the molecule is CC1Cc2c([nH]c3ccccc23)[C@@H](c2c(F)cc(N[C@H](CNCCCF)COC(=O)[C@H](O)[C@@H](O)C(=O)O)cc2F)N1CC(F)(F)CO. The Morgan fingerprint density at radius 3 is 2.47 bits per heavy atom. The smallest absolute Gasteiger partial charge is 0.338 e. The number of benzene rings is 2. The lowest BCUT2D eigenvalue weighted by molar-refractivity contribution is -0.170. The fraction of sp³-hybridized carbons (Fsp3) is 0.484. The first-order valence-corrected chi connectivity index (χ1v) is 14.9. The summed E-state index contributed by atoms with van der Waals surface area (Å²) >= 11 is 0.